The zero-order valence-electron chi connectivity index (χ0n) is 9.73. The molecule has 2 aromatic rings. The quantitative estimate of drug-likeness (QED) is 0.847. The summed E-state index contributed by atoms with van der Waals surface area (Å²) in [5, 5.41) is 7.26. The summed E-state index contributed by atoms with van der Waals surface area (Å²) in [5.74, 6) is 1.72. The van der Waals surface area contributed by atoms with Crippen LogP contribution in [0.3, 0.4) is 0 Å². The van der Waals surface area contributed by atoms with E-state index in [0.29, 0.717) is 6.04 Å². The van der Waals surface area contributed by atoms with Crippen LogP contribution in [0.2, 0.25) is 0 Å². The monoisotopic (exact) mass is 231 g/mol. The maximum absolute atomic E-state index is 3.50. The van der Waals surface area contributed by atoms with E-state index in [1.54, 1.807) is 0 Å². The topological polar surface area (TPSA) is 12.0 Å². The maximum atomic E-state index is 3.50. The minimum absolute atomic E-state index is 0.547. The standard InChI is InChI=1S/C14H17NS/c1-9-7-11(9)14(15-2)12-8-16-13-6-4-3-5-10(12)13/h3-6,8-9,11,14-15H,7H2,1-2H3/t9-,11+,14+/m0/s1. The molecule has 0 bridgehead atoms. The van der Waals surface area contributed by atoms with Crippen LogP contribution in [0.1, 0.15) is 24.9 Å². The highest BCUT2D eigenvalue weighted by molar-refractivity contribution is 7.17. The Labute approximate surface area is 100 Å². The molecule has 1 heterocycles. The minimum atomic E-state index is 0.547. The molecule has 0 saturated heterocycles. The number of fused-ring (bicyclic) bond motifs is 1. The number of nitrogens with one attached hydrogen (secondary N) is 1. The fourth-order valence-electron chi connectivity index (χ4n) is 2.65. The van der Waals surface area contributed by atoms with Crippen molar-refractivity contribution in [3.63, 3.8) is 0 Å². The van der Waals surface area contributed by atoms with Gasteiger partial charge in [0.1, 0.15) is 0 Å². The summed E-state index contributed by atoms with van der Waals surface area (Å²) in [4.78, 5) is 0. The van der Waals surface area contributed by atoms with Crippen LogP contribution in [0.4, 0.5) is 0 Å². The Morgan fingerprint density at radius 3 is 2.81 bits per heavy atom. The second kappa shape index (κ2) is 3.86. The second-order valence-electron chi connectivity index (χ2n) is 4.83. The van der Waals surface area contributed by atoms with Gasteiger partial charge in [0.05, 0.1) is 0 Å². The molecule has 3 rings (SSSR count). The Hall–Kier alpha value is -0.860. The van der Waals surface area contributed by atoms with E-state index in [1.165, 1.54) is 22.1 Å². The zero-order chi connectivity index (χ0) is 11.1. The number of hydrogen-bond acceptors (Lipinski definition) is 2. The Morgan fingerprint density at radius 2 is 2.12 bits per heavy atom. The van der Waals surface area contributed by atoms with Crippen LogP contribution < -0.4 is 5.32 Å². The molecular formula is C14H17NS. The summed E-state index contributed by atoms with van der Waals surface area (Å²) in [6.07, 6.45) is 1.37. The number of hydrogen-bond donors (Lipinski definition) is 1. The third-order valence-electron chi connectivity index (χ3n) is 3.76. The lowest BCUT2D eigenvalue weighted by Gasteiger charge is -2.15. The molecule has 1 aliphatic carbocycles. The predicted octanol–water partition coefficient (Wildman–Crippen LogP) is 3.82. The molecule has 0 unspecified atom stereocenters. The fourth-order valence-corrected chi connectivity index (χ4v) is 3.65. The maximum Gasteiger partial charge on any atom is 0.0363 e. The van der Waals surface area contributed by atoms with Gasteiger partial charge in [0.15, 0.2) is 0 Å². The predicted molar refractivity (Wildman–Crippen MR) is 70.9 cm³/mol. The molecule has 1 saturated carbocycles. The van der Waals surface area contributed by atoms with E-state index in [1.807, 2.05) is 11.3 Å². The van der Waals surface area contributed by atoms with Gasteiger partial charge < -0.3 is 5.32 Å². The van der Waals surface area contributed by atoms with Gasteiger partial charge in [-0.25, -0.2) is 0 Å². The molecule has 2 heteroatoms. The van der Waals surface area contributed by atoms with Crippen molar-refractivity contribution in [3.8, 4) is 0 Å². The van der Waals surface area contributed by atoms with Crippen LogP contribution in [0, 0.1) is 11.8 Å². The smallest absolute Gasteiger partial charge is 0.0363 e. The van der Waals surface area contributed by atoms with Crippen molar-refractivity contribution in [1.29, 1.82) is 0 Å². The summed E-state index contributed by atoms with van der Waals surface area (Å²) >= 11 is 1.86. The summed E-state index contributed by atoms with van der Waals surface area (Å²) in [6, 6.07) is 9.27. The van der Waals surface area contributed by atoms with Crippen LogP contribution in [0.5, 0.6) is 0 Å². The lowest BCUT2D eigenvalue weighted by molar-refractivity contribution is 0.508. The van der Waals surface area contributed by atoms with E-state index in [4.69, 9.17) is 0 Å². The summed E-state index contributed by atoms with van der Waals surface area (Å²) in [7, 11) is 2.09. The summed E-state index contributed by atoms with van der Waals surface area (Å²) in [5.41, 5.74) is 1.50. The van der Waals surface area contributed by atoms with Gasteiger partial charge in [0.25, 0.3) is 0 Å². The highest BCUT2D eigenvalue weighted by Gasteiger charge is 2.40. The molecule has 1 nitrogen and oxygen atoms in total. The van der Waals surface area contributed by atoms with Gasteiger partial charge in [-0.3, -0.25) is 0 Å². The highest BCUT2D eigenvalue weighted by Crippen LogP contribution is 2.48. The van der Waals surface area contributed by atoms with Crippen molar-refractivity contribution in [2.24, 2.45) is 11.8 Å². The van der Waals surface area contributed by atoms with Crippen LogP contribution in [0.15, 0.2) is 29.6 Å². The molecule has 1 N–H and O–H groups in total. The largest absolute Gasteiger partial charge is 0.313 e. The van der Waals surface area contributed by atoms with Gasteiger partial charge in [-0.15, -0.1) is 11.3 Å². The molecular weight excluding hydrogens is 214 g/mol. The third kappa shape index (κ3) is 1.57. The van der Waals surface area contributed by atoms with Crippen molar-refractivity contribution in [2.75, 3.05) is 7.05 Å². The number of benzene rings is 1. The average Bonchev–Trinajstić information content (AvgIpc) is 2.88. The van der Waals surface area contributed by atoms with Crippen molar-refractivity contribution in [1.82, 2.24) is 5.32 Å². The van der Waals surface area contributed by atoms with E-state index in [-0.39, 0.29) is 0 Å². The van der Waals surface area contributed by atoms with Gasteiger partial charge in [0.2, 0.25) is 0 Å². The van der Waals surface area contributed by atoms with Gasteiger partial charge in [-0.05, 0) is 47.7 Å². The molecule has 1 aliphatic rings. The molecule has 1 aromatic carbocycles. The van der Waals surface area contributed by atoms with Crippen molar-refractivity contribution in [2.45, 2.75) is 19.4 Å². The van der Waals surface area contributed by atoms with Crippen molar-refractivity contribution >= 4 is 21.4 Å². The van der Waals surface area contributed by atoms with Crippen LogP contribution in [0.25, 0.3) is 10.1 Å². The molecule has 0 aliphatic heterocycles. The van der Waals surface area contributed by atoms with Crippen LogP contribution in [-0.4, -0.2) is 7.05 Å². The lowest BCUT2D eigenvalue weighted by Crippen LogP contribution is -2.18. The van der Waals surface area contributed by atoms with Crippen LogP contribution >= 0.6 is 11.3 Å². The first-order valence-corrected chi connectivity index (χ1v) is 6.82. The average molecular weight is 231 g/mol. The third-order valence-corrected chi connectivity index (χ3v) is 4.74. The summed E-state index contributed by atoms with van der Waals surface area (Å²) < 4.78 is 1.41. The molecule has 3 atom stereocenters. The molecule has 1 fully saturated rings. The number of thiophene rings is 1. The first kappa shape index (κ1) is 10.3. The lowest BCUT2D eigenvalue weighted by atomic mass is 10.0. The first-order chi connectivity index (χ1) is 7.81. The molecule has 84 valence electrons. The van der Waals surface area contributed by atoms with Gasteiger partial charge >= 0.3 is 0 Å². The zero-order valence-corrected chi connectivity index (χ0v) is 10.6. The SMILES string of the molecule is CN[C@@H](c1csc2ccccc12)[C@@H]1C[C@@H]1C. The van der Waals surface area contributed by atoms with Gasteiger partial charge in [0, 0.05) is 10.7 Å². The molecule has 0 amide bonds. The normalized spacial score (nSPS) is 25.9. The van der Waals surface area contributed by atoms with E-state index < -0.39 is 0 Å². The summed E-state index contributed by atoms with van der Waals surface area (Å²) in [6.45, 7) is 2.35. The van der Waals surface area contributed by atoms with E-state index in [2.05, 4.69) is 48.9 Å². The second-order valence-corrected chi connectivity index (χ2v) is 5.74. The van der Waals surface area contributed by atoms with Crippen molar-refractivity contribution in [3.05, 3.63) is 35.2 Å². The first-order valence-electron chi connectivity index (χ1n) is 5.94. The molecule has 0 spiro atoms. The minimum Gasteiger partial charge on any atom is -0.313 e. The van der Waals surface area contributed by atoms with Gasteiger partial charge in [-0.1, -0.05) is 25.1 Å². The molecule has 1 aromatic heterocycles. The van der Waals surface area contributed by atoms with Gasteiger partial charge in [-0.2, -0.15) is 0 Å². The van der Waals surface area contributed by atoms with E-state index in [9.17, 15) is 0 Å². The Kier molecular flexibility index (Phi) is 2.49. The fraction of sp³-hybridized carbons (Fsp3) is 0.429. The molecule has 16 heavy (non-hydrogen) atoms. The highest BCUT2D eigenvalue weighted by atomic mass is 32.1. The Balaban J connectivity index is 2.03. The van der Waals surface area contributed by atoms with E-state index >= 15 is 0 Å². The molecule has 0 radical (unpaired) electrons. The Morgan fingerprint density at radius 1 is 1.38 bits per heavy atom. The number of rotatable bonds is 3. The Bertz CT molecular complexity index is 502. The van der Waals surface area contributed by atoms with E-state index in [0.717, 1.165) is 11.8 Å². The van der Waals surface area contributed by atoms with Crippen molar-refractivity contribution < 1.29 is 0 Å². The van der Waals surface area contributed by atoms with Crippen LogP contribution in [-0.2, 0) is 0 Å².